The SMILES string of the molecule is CCc1ccc(/C=C2\Oc3cc(OCc4ccc(F)cc4)ccc3C2=O)cc1. The van der Waals surface area contributed by atoms with Crippen LogP contribution in [0.1, 0.15) is 34.0 Å². The van der Waals surface area contributed by atoms with E-state index in [-0.39, 0.29) is 11.6 Å². The monoisotopic (exact) mass is 374 g/mol. The fraction of sp³-hybridized carbons (Fsp3) is 0.125. The van der Waals surface area contributed by atoms with Crippen LogP contribution in [-0.2, 0) is 13.0 Å². The van der Waals surface area contributed by atoms with Crippen LogP contribution in [0.3, 0.4) is 0 Å². The van der Waals surface area contributed by atoms with E-state index < -0.39 is 0 Å². The Morgan fingerprint density at radius 2 is 1.68 bits per heavy atom. The number of ether oxygens (including phenoxy) is 2. The standard InChI is InChI=1S/C24H19FO3/c1-2-16-3-5-17(6-4-16)13-23-24(26)21-12-11-20(14-22(21)28-23)27-15-18-7-9-19(25)10-8-18/h3-14H,2,15H2,1H3/b23-13-. The van der Waals surface area contributed by atoms with E-state index in [2.05, 4.69) is 6.92 Å². The lowest BCUT2D eigenvalue weighted by Crippen LogP contribution is -1.98. The number of carbonyl (C=O) groups excluding carboxylic acids is 1. The van der Waals surface area contributed by atoms with Crippen molar-refractivity contribution in [2.45, 2.75) is 20.0 Å². The van der Waals surface area contributed by atoms with Gasteiger partial charge in [0.2, 0.25) is 5.78 Å². The first kappa shape index (κ1) is 18.0. The van der Waals surface area contributed by atoms with E-state index in [1.54, 1.807) is 36.4 Å². The highest BCUT2D eigenvalue weighted by atomic mass is 19.1. The third-order valence-electron chi connectivity index (χ3n) is 4.65. The molecule has 0 aliphatic carbocycles. The quantitative estimate of drug-likeness (QED) is 0.547. The van der Waals surface area contributed by atoms with Gasteiger partial charge in [-0.2, -0.15) is 0 Å². The minimum absolute atomic E-state index is 0.139. The Balaban J connectivity index is 1.49. The zero-order valence-corrected chi connectivity index (χ0v) is 15.4. The summed E-state index contributed by atoms with van der Waals surface area (Å²) in [6, 6.07) is 19.3. The van der Waals surface area contributed by atoms with Gasteiger partial charge < -0.3 is 9.47 Å². The number of benzene rings is 3. The van der Waals surface area contributed by atoms with E-state index in [0.717, 1.165) is 17.5 Å². The molecular weight excluding hydrogens is 355 g/mol. The minimum Gasteiger partial charge on any atom is -0.489 e. The van der Waals surface area contributed by atoms with Crippen LogP contribution in [0.4, 0.5) is 4.39 Å². The highest BCUT2D eigenvalue weighted by Crippen LogP contribution is 2.35. The fourth-order valence-electron chi connectivity index (χ4n) is 3.01. The molecule has 0 unspecified atom stereocenters. The lowest BCUT2D eigenvalue weighted by Gasteiger charge is -2.07. The van der Waals surface area contributed by atoms with Crippen molar-refractivity contribution in [3.8, 4) is 11.5 Å². The summed E-state index contributed by atoms with van der Waals surface area (Å²) in [7, 11) is 0. The maximum atomic E-state index is 13.0. The van der Waals surface area contributed by atoms with Crippen molar-refractivity contribution in [3.63, 3.8) is 0 Å². The van der Waals surface area contributed by atoms with E-state index in [4.69, 9.17) is 9.47 Å². The molecule has 1 aliphatic rings. The zero-order valence-electron chi connectivity index (χ0n) is 15.4. The topological polar surface area (TPSA) is 35.5 Å². The zero-order chi connectivity index (χ0) is 19.5. The first-order chi connectivity index (χ1) is 13.6. The van der Waals surface area contributed by atoms with Gasteiger partial charge in [-0.25, -0.2) is 4.39 Å². The highest BCUT2D eigenvalue weighted by Gasteiger charge is 2.27. The summed E-state index contributed by atoms with van der Waals surface area (Å²) in [5.41, 5.74) is 3.54. The number of fused-ring (bicyclic) bond motifs is 1. The molecule has 3 aromatic rings. The van der Waals surface area contributed by atoms with E-state index in [0.29, 0.717) is 29.4 Å². The van der Waals surface area contributed by atoms with Gasteiger partial charge in [0.15, 0.2) is 5.76 Å². The maximum absolute atomic E-state index is 13.0. The van der Waals surface area contributed by atoms with Gasteiger partial charge in [-0.1, -0.05) is 43.3 Å². The third-order valence-corrected chi connectivity index (χ3v) is 4.65. The van der Waals surface area contributed by atoms with Gasteiger partial charge in [0.25, 0.3) is 0 Å². The van der Waals surface area contributed by atoms with Crippen molar-refractivity contribution in [1.29, 1.82) is 0 Å². The summed E-state index contributed by atoms with van der Waals surface area (Å²) in [4.78, 5) is 12.6. The van der Waals surface area contributed by atoms with Crippen LogP contribution in [0.5, 0.6) is 11.5 Å². The van der Waals surface area contributed by atoms with Crippen LogP contribution in [0, 0.1) is 5.82 Å². The van der Waals surface area contributed by atoms with E-state index >= 15 is 0 Å². The van der Waals surface area contributed by atoms with Gasteiger partial charge in [-0.3, -0.25) is 4.79 Å². The van der Waals surface area contributed by atoms with E-state index in [1.807, 2.05) is 24.3 Å². The summed E-state index contributed by atoms with van der Waals surface area (Å²) >= 11 is 0. The van der Waals surface area contributed by atoms with Gasteiger partial charge in [0.1, 0.15) is 23.9 Å². The fourth-order valence-corrected chi connectivity index (χ4v) is 3.01. The molecule has 0 fully saturated rings. The normalized spacial score (nSPS) is 14.1. The molecule has 1 heterocycles. The highest BCUT2D eigenvalue weighted by molar-refractivity contribution is 6.14. The second-order valence-electron chi connectivity index (χ2n) is 6.61. The second-order valence-corrected chi connectivity index (χ2v) is 6.61. The van der Waals surface area contributed by atoms with Gasteiger partial charge in [0.05, 0.1) is 5.56 Å². The molecule has 0 spiro atoms. The average Bonchev–Trinajstić information content (AvgIpc) is 3.03. The van der Waals surface area contributed by atoms with Crippen molar-refractivity contribution in [3.05, 3.63) is 101 Å². The van der Waals surface area contributed by atoms with Crippen LogP contribution in [0.25, 0.3) is 6.08 Å². The molecule has 0 atom stereocenters. The molecule has 0 amide bonds. The maximum Gasteiger partial charge on any atom is 0.231 e. The van der Waals surface area contributed by atoms with E-state index in [1.165, 1.54) is 17.7 Å². The molecule has 3 nitrogen and oxygen atoms in total. The molecule has 0 bridgehead atoms. The molecule has 0 radical (unpaired) electrons. The number of halogens is 1. The van der Waals surface area contributed by atoms with Crippen molar-refractivity contribution in [1.82, 2.24) is 0 Å². The predicted octanol–water partition coefficient (Wildman–Crippen LogP) is 5.58. The minimum atomic E-state index is -0.281. The first-order valence-electron chi connectivity index (χ1n) is 9.17. The molecule has 4 rings (SSSR count). The Kier molecular flexibility index (Phi) is 4.94. The number of hydrogen-bond donors (Lipinski definition) is 0. The number of ketones is 1. The summed E-state index contributed by atoms with van der Waals surface area (Å²) in [6.07, 6.45) is 2.72. The van der Waals surface area contributed by atoms with Crippen LogP contribution >= 0.6 is 0 Å². The Morgan fingerprint density at radius 1 is 0.964 bits per heavy atom. The summed E-state index contributed by atoms with van der Waals surface area (Å²) in [6.45, 7) is 2.41. The van der Waals surface area contributed by atoms with Crippen LogP contribution in [0.15, 0.2) is 72.5 Å². The van der Waals surface area contributed by atoms with Crippen molar-refractivity contribution in [2.75, 3.05) is 0 Å². The Hall–Kier alpha value is -3.40. The molecule has 28 heavy (non-hydrogen) atoms. The lowest BCUT2D eigenvalue weighted by atomic mass is 10.1. The van der Waals surface area contributed by atoms with Gasteiger partial charge >= 0.3 is 0 Å². The third kappa shape index (κ3) is 3.81. The van der Waals surface area contributed by atoms with Crippen molar-refractivity contribution >= 4 is 11.9 Å². The van der Waals surface area contributed by atoms with Crippen LogP contribution in [0.2, 0.25) is 0 Å². The largest absolute Gasteiger partial charge is 0.489 e. The van der Waals surface area contributed by atoms with Crippen molar-refractivity contribution < 1.29 is 18.7 Å². The molecule has 0 aromatic heterocycles. The first-order valence-corrected chi connectivity index (χ1v) is 9.17. The molecule has 3 aromatic carbocycles. The summed E-state index contributed by atoms with van der Waals surface area (Å²) < 4.78 is 24.5. The molecule has 1 aliphatic heterocycles. The van der Waals surface area contributed by atoms with E-state index in [9.17, 15) is 9.18 Å². The Bertz CT molecular complexity index is 1030. The number of carbonyl (C=O) groups is 1. The number of Topliss-reactive ketones (excluding diaryl/α,β-unsaturated/α-hetero) is 1. The number of hydrogen-bond acceptors (Lipinski definition) is 3. The molecule has 0 N–H and O–H groups in total. The molecule has 140 valence electrons. The van der Waals surface area contributed by atoms with Gasteiger partial charge in [0, 0.05) is 6.07 Å². The molecular formula is C24H19FO3. The number of aryl methyl sites for hydroxylation is 1. The lowest BCUT2D eigenvalue weighted by molar-refractivity contribution is 0.101. The molecule has 0 saturated heterocycles. The smallest absolute Gasteiger partial charge is 0.231 e. The van der Waals surface area contributed by atoms with Gasteiger partial charge in [-0.05, 0) is 53.5 Å². The average molecular weight is 374 g/mol. The number of rotatable bonds is 5. The van der Waals surface area contributed by atoms with Crippen LogP contribution < -0.4 is 9.47 Å². The Morgan fingerprint density at radius 3 is 2.39 bits per heavy atom. The predicted molar refractivity (Wildman–Crippen MR) is 106 cm³/mol. The van der Waals surface area contributed by atoms with Crippen molar-refractivity contribution in [2.24, 2.45) is 0 Å². The molecule has 4 heteroatoms. The molecule has 0 saturated carbocycles. The number of allylic oxidation sites excluding steroid dienone is 1. The second kappa shape index (κ2) is 7.69. The summed E-state index contributed by atoms with van der Waals surface area (Å²) in [5, 5.41) is 0. The summed E-state index contributed by atoms with van der Waals surface area (Å²) in [5.74, 6) is 0.953. The van der Waals surface area contributed by atoms with Gasteiger partial charge in [-0.15, -0.1) is 0 Å². The Labute approximate surface area is 163 Å². The van der Waals surface area contributed by atoms with Crippen LogP contribution in [-0.4, -0.2) is 5.78 Å².